The van der Waals surface area contributed by atoms with Gasteiger partial charge in [0.1, 0.15) is 11.6 Å². The summed E-state index contributed by atoms with van der Waals surface area (Å²) in [5.41, 5.74) is 2.26. The molecule has 5 rings (SSSR count). The number of pyridine rings is 2. The quantitative estimate of drug-likeness (QED) is 0.492. The maximum absolute atomic E-state index is 13.0. The lowest BCUT2D eigenvalue weighted by molar-refractivity contribution is 0.0831. The summed E-state index contributed by atoms with van der Waals surface area (Å²) in [5, 5.41) is 14.3. The molecule has 192 valence electrons. The van der Waals surface area contributed by atoms with Crippen molar-refractivity contribution < 1.29 is 9.90 Å². The van der Waals surface area contributed by atoms with Gasteiger partial charge in [0.25, 0.3) is 5.91 Å². The largest absolute Gasteiger partial charge is 0.395 e. The summed E-state index contributed by atoms with van der Waals surface area (Å²) in [4.78, 5) is 29.4. The van der Waals surface area contributed by atoms with Gasteiger partial charge in [0.2, 0.25) is 0 Å². The van der Waals surface area contributed by atoms with Crippen LogP contribution in [-0.2, 0) is 0 Å². The van der Waals surface area contributed by atoms with E-state index in [1.165, 1.54) is 18.4 Å². The molecule has 3 aromatic heterocycles. The number of hydrogen-bond acceptors (Lipinski definition) is 8. The van der Waals surface area contributed by atoms with Crippen molar-refractivity contribution in [2.24, 2.45) is 0 Å². The molecule has 0 bridgehead atoms. The van der Waals surface area contributed by atoms with Gasteiger partial charge >= 0.3 is 0 Å². The SMILES string of the molecule is CCN1CCN(c2ccc(Nc3cc4c(C5CCCC5)c(C(=O)N(C)C)sc4cn3)nc2)C[C@@H]1CO. The number of nitrogens with one attached hydrogen (secondary N) is 1. The summed E-state index contributed by atoms with van der Waals surface area (Å²) in [7, 11) is 3.64. The summed E-state index contributed by atoms with van der Waals surface area (Å²) in [6.45, 7) is 5.92. The Bertz CT molecular complexity index is 1200. The summed E-state index contributed by atoms with van der Waals surface area (Å²) < 4.78 is 1.06. The van der Waals surface area contributed by atoms with Gasteiger partial charge in [0.15, 0.2) is 0 Å². The predicted octanol–water partition coefficient (Wildman–Crippen LogP) is 4.30. The topological polar surface area (TPSA) is 84.8 Å². The highest BCUT2D eigenvalue weighted by Gasteiger charge is 2.29. The lowest BCUT2D eigenvalue weighted by atomic mass is 9.94. The number of anilines is 3. The molecule has 2 N–H and O–H groups in total. The van der Waals surface area contributed by atoms with Crippen LogP contribution in [0.2, 0.25) is 0 Å². The van der Waals surface area contributed by atoms with Gasteiger partial charge in [-0.05, 0) is 49.1 Å². The standard InChI is InChI=1S/C27H36N6O2S/c1-4-32-11-12-33(16-20(32)17-34)19-9-10-23(28-14-19)30-24-13-21-22(15-29-24)36-26(27(35)31(2)3)25(21)18-7-5-6-8-18/h9-10,13-15,18,20,34H,4-8,11-12,16-17H2,1-3H3,(H,28,29,30)/t20-/m1/s1. The number of piperazine rings is 1. The first-order chi connectivity index (χ1) is 17.5. The highest BCUT2D eigenvalue weighted by molar-refractivity contribution is 7.21. The number of thiophene rings is 1. The second-order valence-corrected chi connectivity index (χ2v) is 11.1. The van der Waals surface area contributed by atoms with Gasteiger partial charge in [0.05, 0.1) is 34.1 Å². The van der Waals surface area contributed by atoms with Gasteiger partial charge in [-0.1, -0.05) is 19.8 Å². The van der Waals surface area contributed by atoms with Crippen LogP contribution in [0.5, 0.6) is 0 Å². The fourth-order valence-corrected chi connectivity index (χ4v) is 6.83. The molecule has 1 atom stereocenters. The molecule has 2 aliphatic rings. The van der Waals surface area contributed by atoms with E-state index in [0.717, 1.165) is 71.3 Å². The molecule has 1 saturated heterocycles. The van der Waals surface area contributed by atoms with Crippen molar-refractivity contribution in [3.05, 3.63) is 41.0 Å². The zero-order valence-corrected chi connectivity index (χ0v) is 22.2. The number of aliphatic hydroxyl groups excluding tert-OH is 1. The number of likely N-dealkylation sites (N-methyl/N-ethyl adjacent to an activating group) is 1. The molecule has 0 aromatic carbocycles. The molecule has 1 aliphatic heterocycles. The third-order valence-corrected chi connectivity index (χ3v) is 8.71. The summed E-state index contributed by atoms with van der Waals surface area (Å²) in [6.07, 6.45) is 8.48. The van der Waals surface area contributed by atoms with Crippen molar-refractivity contribution >= 4 is 44.7 Å². The van der Waals surface area contributed by atoms with E-state index in [-0.39, 0.29) is 18.6 Å². The fourth-order valence-electron chi connectivity index (χ4n) is 5.57. The lowest BCUT2D eigenvalue weighted by Crippen LogP contribution is -2.54. The molecule has 8 nitrogen and oxygen atoms in total. The first kappa shape index (κ1) is 24.9. The number of rotatable bonds is 7. The van der Waals surface area contributed by atoms with Crippen molar-refractivity contribution in [1.29, 1.82) is 0 Å². The Hall–Kier alpha value is -2.75. The van der Waals surface area contributed by atoms with Crippen LogP contribution in [0.25, 0.3) is 10.1 Å². The molecule has 1 saturated carbocycles. The first-order valence-corrected chi connectivity index (χ1v) is 13.8. The Morgan fingerprint density at radius 3 is 2.61 bits per heavy atom. The number of nitrogens with zero attached hydrogens (tertiary/aromatic N) is 5. The predicted molar refractivity (Wildman–Crippen MR) is 147 cm³/mol. The second-order valence-electron chi connectivity index (χ2n) is 10.0. The van der Waals surface area contributed by atoms with E-state index < -0.39 is 0 Å². The highest BCUT2D eigenvalue weighted by atomic mass is 32.1. The molecule has 1 amide bonds. The van der Waals surface area contributed by atoms with E-state index in [0.29, 0.717) is 5.92 Å². The van der Waals surface area contributed by atoms with Crippen LogP contribution in [0, 0.1) is 0 Å². The van der Waals surface area contributed by atoms with E-state index >= 15 is 0 Å². The van der Waals surface area contributed by atoms with Gasteiger partial charge in [-0.3, -0.25) is 9.69 Å². The summed E-state index contributed by atoms with van der Waals surface area (Å²) in [6, 6.07) is 6.29. The van der Waals surface area contributed by atoms with E-state index in [9.17, 15) is 9.90 Å². The molecule has 0 radical (unpaired) electrons. The van der Waals surface area contributed by atoms with Crippen molar-refractivity contribution in [1.82, 2.24) is 19.8 Å². The van der Waals surface area contributed by atoms with Gasteiger partial charge in [-0.25, -0.2) is 9.97 Å². The molecule has 2 fully saturated rings. The van der Waals surface area contributed by atoms with E-state index in [2.05, 4.69) is 44.1 Å². The van der Waals surface area contributed by atoms with E-state index in [1.54, 1.807) is 16.2 Å². The zero-order chi connectivity index (χ0) is 25.2. The highest BCUT2D eigenvalue weighted by Crippen LogP contribution is 2.44. The normalized spacial score (nSPS) is 19.2. The molecule has 9 heteroatoms. The number of aliphatic hydroxyl groups is 1. The number of fused-ring (bicyclic) bond motifs is 1. The zero-order valence-electron chi connectivity index (χ0n) is 21.4. The van der Waals surface area contributed by atoms with Crippen LogP contribution < -0.4 is 10.2 Å². The third kappa shape index (κ3) is 4.92. The Balaban J connectivity index is 1.37. The van der Waals surface area contributed by atoms with Crippen LogP contribution in [0.4, 0.5) is 17.3 Å². The Morgan fingerprint density at radius 2 is 1.94 bits per heavy atom. The van der Waals surface area contributed by atoms with Crippen LogP contribution >= 0.6 is 11.3 Å². The number of aromatic nitrogens is 2. The van der Waals surface area contributed by atoms with Gasteiger partial charge < -0.3 is 20.2 Å². The average molecular weight is 509 g/mol. The van der Waals surface area contributed by atoms with E-state index in [1.807, 2.05) is 32.6 Å². The average Bonchev–Trinajstić information content (AvgIpc) is 3.56. The Kier molecular flexibility index (Phi) is 7.41. The van der Waals surface area contributed by atoms with Crippen LogP contribution in [0.1, 0.15) is 53.8 Å². The third-order valence-electron chi connectivity index (χ3n) is 7.57. The fraction of sp³-hybridized carbons (Fsp3) is 0.519. The first-order valence-electron chi connectivity index (χ1n) is 13.0. The molecule has 1 aliphatic carbocycles. The number of amides is 1. The molecular formula is C27H36N6O2S. The van der Waals surface area contributed by atoms with E-state index in [4.69, 9.17) is 0 Å². The van der Waals surface area contributed by atoms with Crippen molar-refractivity contribution in [2.45, 2.75) is 44.6 Å². The van der Waals surface area contributed by atoms with Crippen LogP contribution in [-0.4, -0.2) is 83.7 Å². The molecule has 0 spiro atoms. The smallest absolute Gasteiger partial charge is 0.263 e. The molecule has 3 aromatic rings. The maximum Gasteiger partial charge on any atom is 0.263 e. The van der Waals surface area contributed by atoms with Gasteiger partial charge in [-0.2, -0.15) is 0 Å². The molecule has 4 heterocycles. The summed E-state index contributed by atoms with van der Waals surface area (Å²) >= 11 is 1.56. The lowest BCUT2D eigenvalue weighted by Gasteiger charge is -2.41. The number of carbonyl (C=O) groups excluding carboxylic acids is 1. The Morgan fingerprint density at radius 1 is 1.17 bits per heavy atom. The number of carbonyl (C=O) groups is 1. The monoisotopic (exact) mass is 508 g/mol. The number of hydrogen-bond donors (Lipinski definition) is 2. The minimum absolute atomic E-state index is 0.0769. The van der Waals surface area contributed by atoms with Gasteiger partial charge in [0, 0.05) is 45.3 Å². The van der Waals surface area contributed by atoms with Crippen molar-refractivity contribution in [3.63, 3.8) is 0 Å². The van der Waals surface area contributed by atoms with Crippen molar-refractivity contribution in [3.8, 4) is 0 Å². The molecular weight excluding hydrogens is 472 g/mol. The Labute approximate surface area is 216 Å². The second kappa shape index (κ2) is 10.7. The van der Waals surface area contributed by atoms with Crippen molar-refractivity contribution in [2.75, 3.05) is 57.1 Å². The molecule has 0 unspecified atom stereocenters. The maximum atomic E-state index is 13.0. The van der Waals surface area contributed by atoms with Crippen LogP contribution in [0.15, 0.2) is 30.6 Å². The summed E-state index contributed by atoms with van der Waals surface area (Å²) in [5.74, 6) is 1.98. The minimum atomic E-state index is 0.0769. The van der Waals surface area contributed by atoms with Gasteiger partial charge in [-0.15, -0.1) is 11.3 Å². The minimum Gasteiger partial charge on any atom is -0.395 e. The molecule has 36 heavy (non-hydrogen) atoms. The van der Waals surface area contributed by atoms with Crippen LogP contribution in [0.3, 0.4) is 0 Å².